The molecule has 0 aliphatic rings. The fourth-order valence-electron chi connectivity index (χ4n) is 1.38. The molecule has 1 atom stereocenters. The van der Waals surface area contributed by atoms with Crippen LogP contribution < -0.4 is 16.4 Å². The molecule has 1 rings (SSSR count). The Labute approximate surface area is 96.4 Å². The van der Waals surface area contributed by atoms with E-state index in [0.717, 1.165) is 16.4 Å². The van der Waals surface area contributed by atoms with Gasteiger partial charge in [0.05, 0.1) is 0 Å². The second kappa shape index (κ2) is 5.33. The highest BCUT2D eigenvalue weighted by molar-refractivity contribution is 5.55. The zero-order valence-corrected chi connectivity index (χ0v) is 9.69. The summed E-state index contributed by atoms with van der Waals surface area (Å²) in [6.45, 7) is 13.7. The molecule has 2 nitrogen and oxygen atoms in total. The van der Waals surface area contributed by atoms with Gasteiger partial charge in [0, 0.05) is 22.4 Å². The van der Waals surface area contributed by atoms with Gasteiger partial charge in [-0.3, -0.25) is 0 Å². The molecule has 2 N–H and O–H groups in total. The molecule has 1 aromatic heterocycles. The summed E-state index contributed by atoms with van der Waals surface area (Å²) in [6.07, 6.45) is 7.63. The Bertz CT molecular complexity index is 488. The molecule has 1 aromatic rings. The first-order chi connectivity index (χ1) is 7.52. The summed E-state index contributed by atoms with van der Waals surface area (Å²) in [4.78, 5) is 0. The number of nitrogens with two attached hydrogens (primary N) is 1. The Morgan fingerprint density at radius 1 is 1.31 bits per heavy atom. The van der Waals surface area contributed by atoms with Crippen molar-refractivity contribution in [1.29, 1.82) is 0 Å². The van der Waals surface area contributed by atoms with Crippen LogP contribution in [0.4, 0.5) is 0 Å². The second-order valence-electron chi connectivity index (χ2n) is 3.75. The summed E-state index contributed by atoms with van der Waals surface area (Å²) >= 11 is 0. The zero-order valence-electron chi connectivity index (χ0n) is 9.69. The van der Waals surface area contributed by atoms with Crippen LogP contribution in [0.25, 0.3) is 18.9 Å². The molecule has 0 aliphatic carbocycles. The normalized spacial score (nSPS) is 13.6. The largest absolute Gasteiger partial charge is 0.325 e. The lowest BCUT2D eigenvalue weighted by atomic mass is 10.3. The van der Waals surface area contributed by atoms with Crippen molar-refractivity contribution in [1.82, 2.24) is 4.57 Å². The summed E-state index contributed by atoms with van der Waals surface area (Å²) in [5, 5.41) is 1.77. The van der Waals surface area contributed by atoms with Gasteiger partial charge in [0.15, 0.2) is 0 Å². The van der Waals surface area contributed by atoms with Crippen molar-refractivity contribution in [3.63, 3.8) is 0 Å². The molecular weight excluding hydrogens is 196 g/mol. The van der Waals surface area contributed by atoms with Crippen molar-refractivity contribution in [2.24, 2.45) is 5.73 Å². The third-order valence-corrected chi connectivity index (χ3v) is 2.14. The lowest BCUT2D eigenvalue weighted by Gasteiger charge is -2.02. The minimum atomic E-state index is 0.0660. The smallest absolute Gasteiger partial charge is 0.0390 e. The van der Waals surface area contributed by atoms with E-state index in [4.69, 9.17) is 5.73 Å². The predicted octanol–water partition coefficient (Wildman–Crippen LogP) is 1.24. The number of hydrogen-bond donors (Lipinski definition) is 1. The van der Waals surface area contributed by atoms with E-state index in [1.54, 1.807) is 0 Å². The highest BCUT2D eigenvalue weighted by atomic mass is 15.0. The summed E-state index contributed by atoms with van der Waals surface area (Å²) < 4.78 is 1.90. The lowest BCUT2D eigenvalue weighted by Crippen LogP contribution is -2.22. The van der Waals surface area contributed by atoms with Gasteiger partial charge in [-0.1, -0.05) is 38.0 Å². The van der Waals surface area contributed by atoms with E-state index in [1.165, 1.54) is 0 Å². The average molecular weight is 214 g/mol. The van der Waals surface area contributed by atoms with Crippen molar-refractivity contribution in [2.45, 2.75) is 13.0 Å². The third-order valence-electron chi connectivity index (χ3n) is 2.14. The monoisotopic (exact) mass is 214 g/mol. The molecule has 0 amide bonds. The fraction of sp³-hybridized carbons (Fsp3) is 0.143. The maximum atomic E-state index is 5.58. The summed E-state index contributed by atoms with van der Waals surface area (Å²) in [7, 11) is 0. The molecule has 1 heterocycles. The number of hydrogen-bond acceptors (Lipinski definition) is 1. The van der Waals surface area contributed by atoms with Crippen LogP contribution in [0.2, 0.25) is 0 Å². The van der Waals surface area contributed by atoms with Gasteiger partial charge in [0.1, 0.15) is 0 Å². The molecule has 0 spiro atoms. The maximum Gasteiger partial charge on any atom is 0.0390 e. The van der Waals surface area contributed by atoms with Crippen LogP contribution in [0.15, 0.2) is 43.0 Å². The van der Waals surface area contributed by atoms with Crippen LogP contribution in [0, 0.1) is 0 Å². The van der Waals surface area contributed by atoms with Gasteiger partial charge in [-0.25, -0.2) is 0 Å². The Hall–Kier alpha value is -1.80. The SMILES string of the molecule is C=C(/C=C\C=C\C(C)N)n1c(=C)ccc1=C. The highest BCUT2D eigenvalue weighted by Gasteiger charge is 1.94. The third kappa shape index (κ3) is 3.11. The standard InChI is InChI=1S/C14H18N2/c1-11(15)7-5-6-8-12(2)16-13(3)9-10-14(16)4/h5-11H,2-4,15H2,1H3/b7-5+,8-6-. The second-order valence-corrected chi connectivity index (χ2v) is 3.75. The van der Waals surface area contributed by atoms with Crippen molar-refractivity contribution >= 4 is 18.9 Å². The summed E-state index contributed by atoms with van der Waals surface area (Å²) in [5.41, 5.74) is 6.43. The summed E-state index contributed by atoms with van der Waals surface area (Å²) in [6, 6.07) is 3.90. The van der Waals surface area contributed by atoms with Gasteiger partial charge in [-0.2, -0.15) is 0 Å². The Balaban J connectivity index is 2.82. The van der Waals surface area contributed by atoms with Crippen LogP contribution in [0.5, 0.6) is 0 Å². The molecule has 0 fully saturated rings. The van der Waals surface area contributed by atoms with Gasteiger partial charge in [-0.05, 0) is 25.1 Å². The van der Waals surface area contributed by atoms with Crippen LogP contribution >= 0.6 is 0 Å². The molecule has 0 aliphatic heterocycles. The first kappa shape index (κ1) is 12.3. The van der Waals surface area contributed by atoms with Crippen molar-refractivity contribution in [3.8, 4) is 0 Å². The van der Waals surface area contributed by atoms with Gasteiger partial charge in [-0.15, -0.1) is 0 Å². The molecule has 0 saturated heterocycles. The number of rotatable bonds is 4. The highest BCUT2D eigenvalue weighted by Crippen LogP contribution is 1.96. The van der Waals surface area contributed by atoms with Crippen LogP contribution in [-0.2, 0) is 0 Å². The van der Waals surface area contributed by atoms with Gasteiger partial charge in [0.25, 0.3) is 0 Å². The molecule has 2 heteroatoms. The van der Waals surface area contributed by atoms with Crippen LogP contribution in [-0.4, -0.2) is 10.6 Å². The molecule has 0 radical (unpaired) electrons. The molecule has 1 unspecified atom stereocenters. The average Bonchev–Trinajstić information content (AvgIpc) is 2.53. The molecule has 16 heavy (non-hydrogen) atoms. The Morgan fingerprint density at radius 3 is 2.38 bits per heavy atom. The van der Waals surface area contributed by atoms with Crippen molar-refractivity contribution in [3.05, 3.63) is 53.7 Å². The van der Waals surface area contributed by atoms with Crippen LogP contribution in [0.3, 0.4) is 0 Å². The Morgan fingerprint density at radius 2 is 1.88 bits per heavy atom. The molecular formula is C14H18N2. The minimum absolute atomic E-state index is 0.0660. The quantitative estimate of drug-likeness (QED) is 0.751. The molecule has 84 valence electrons. The van der Waals surface area contributed by atoms with Gasteiger partial charge >= 0.3 is 0 Å². The van der Waals surface area contributed by atoms with Crippen molar-refractivity contribution < 1.29 is 0 Å². The molecule has 0 bridgehead atoms. The number of aromatic nitrogens is 1. The Kier molecular flexibility index (Phi) is 4.09. The minimum Gasteiger partial charge on any atom is -0.325 e. The van der Waals surface area contributed by atoms with Gasteiger partial charge < -0.3 is 10.3 Å². The molecule has 0 saturated carbocycles. The van der Waals surface area contributed by atoms with Crippen LogP contribution in [0.1, 0.15) is 6.92 Å². The van der Waals surface area contributed by atoms with E-state index in [0.29, 0.717) is 0 Å². The van der Waals surface area contributed by atoms with Crippen molar-refractivity contribution in [2.75, 3.05) is 0 Å². The fourth-order valence-corrected chi connectivity index (χ4v) is 1.38. The van der Waals surface area contributed by atoms with E-state index >= 15 is 0 Å². The van der Waals surface area contributed by atoms with E-state index in [-0.39, 0.29) is 6.04 Å². The topological polar surface area (TPSA) is 30.9 Å². The van der Waals surface area contributed by atoms with E-state index in [9.17, 15) is 0 Å². The lowest BCUT2D eigenvalue weighted by molar-refractivity contribution is 0.926. The number of nitrogens with zero attached hydrogens (tertiary/aromatic N) is 1. The maximum absolute atomic E-state index is 5.58. The summed E-state index contributed by atoms with van der Waals surface area (Å²) in [5.74, 6) is 0. The first-order valence-electron chi connectivity index (χ1n) is 5.17. The number of allylic oxidation sites excluding steroid dienone is 4. The molecule has 0 aromatic carbocycles. The van der Waals surface area contributed by atoms with E-state index in [2.05, 4.69) is 19.7 Å². The predicted molar refractivity (Wildman–Crippen MR) is 72.0 cm³/mol. The van der Waals surface area contributed by atoms with E-state index < -0.39 is 0 Å². The van der Waals surface area contributed by atoms with E-state index in [1.807, 2.05) is 47.9 Å². The first-order valence-corrected chi connectivity index (χ1v) is 5.17. The van der Waals surface area contributed by atoms with Gasteiger partial charge in [0.2, 0.25) is 0 Å². The zero-order chi connectivity index (χ0) is 12.1.